The molecule has 1 fully saturated rings. The highest BCUT2D eigenvalue weighted by molar-refractivity contribution is 6.30. The second-order valence-corrected chi connectivity index (χ2v) is 5.61. The maximum atomic E-state index is 11.9. The highest BCUT2D eigenvalue weighted by Gasteiger charge is 2.16. The Hall–Kier alpha value is -0.770. The van der Waals surface area contributed by atoms with Gasteiger partial charge in [-0.2, -0.15) is 0 Å². The average Bonchev–Trinajstić information content (AvgIpc) is 2.90. The summed E-state index contributed by atoms with van der Waals surface area (Å²) in [5.74, 6) is 0.121. The second kappa shape index (κ2) is 8.50. The van der Waals surface area contributed by atoms with Gasteiger partial charge in [-0.1, -0.05) is 23.7 Å². The monoisotopic (exact) mass is 316 g/mol. The Morgan fingerprint density at radius 2 is 2.15 bits per heavy atom. The molecule has 1 aromatic carbocycles. The molecule has 2 rings (SSSR count). The van der Waals surface area contributed by atoms with E-state index in [1.165, 1.54) is 12.8 Å². The molecule has 0 bridgehead atoms. The number of hydrogen-bond donors (Lipinski definition) is 2. The zero-order valence-corrected chi connectivity index (χ0v) is 13.3. The molecule has 0 spiro atoms. The fraction of sp³-hybridized carbons (Fsp3) is 0.533. The highest BCUT2D eigenvalue weighted by Crippen LogP contribution is 2.16. The smallest absolute Gasteiger partial charge is 0.220 e. The minimum Gasteiger partial charge on any atom is -0.350 e. The van der Waals surface area contributed by atoms with E-state index >= 15 is 0 Å². The predicted octanol–water partition coefficient (Wildman–Crippen LogP) is 3.47. The van der Waals surface area contributed by atoms with Crippen molar-refractivity contribution in [1.29, 1.82) is 0 Å². The fourth-order valence-corrected chi connectivity index (χ4v) is 2.58. The van der Waals surface area contributed by atoms with Gasteiger partial charge in [-0.05, 0) is 50.4 Å². The molecule has 1 saturated heterocycles. The van der Waals surface area contributed by atoms with E-state index in [4.69, 9.17) is 11.6 Å². The van der Waals surface area contributed by atoms with Crippen LogP contribution in [0.4, 0.5) is 0 Å². The molecule has 1 heterocycles. The summed E-state index contributed by atoms with van der Waals surface area (Å²) >= 11 is 5.85. The molecule has 0 aromatic heterocycles. The van der Waals surface area contributed by atoms with Crippen LogP contribution in [0, 0.1) is 0 Å². The third-order valence-corrected chi connectivity index (χ3v) is 3.88. The van der Waals surface area contributed by atoms with E-state index in [0.717, 1.165) is 23.6 Å². The fourth-order valence-electron chi connectivity index (χ4n) is 2.46. The molecule has 1 aromatic rings. The van der Waals surface area contributed by atoms with Crippen LogP contribution in [0.25, 0.3) is 0 Å². The number of hydrogen-bond acceptors (Lipinski definition) is 2. The van der Waals surface area contributed by atoms with Gasteiger partial charge in [-0.3, -0.25) is 4.79 Å². The molecule has 0 radical (unpaired) electrons. The summed E-state index contributed by atoms with van der Waals surface area (Å²) in [4.78, 5) is 11.9. The van der Waals surface area contributed by atoms with Crippen molar-refractivity contribution in [2.75, 3.05) is 6.54 Å². The minimum atomic E-state index is 0. The normalized spacial score (nSPS) is 19.2. The molecule has 5 heteroatoms. The zero-order chi connectivity index (χ0) is 13.7. The topological polar surface area (TPSA) is 41.1 Å². The van der Waals surface area contributed by atoms with Gasteiger partial charge < -0.3 is 10.6 Å². The molecule has 3 nitrogen and oxygen atoms in total. The molecule has 20 heavy (non-hydrogen) atoms. The predicted molar refractivity (Wildman–Crippen MR) is 85.5 cm³/mol. The molecule has 0 saturated carbocycles. The lowest BCUT2D eigenvalue weighted by Gasteiger charge is -2.15. The maximum absolute atomic E-state index is 11.9. The Bertz CT molecular complexity index is 416. The highest BCUT2D eigenvalue weighted by atomic mass is 35.5. The number of halogens is 2. The first kappa shape index (κ1) is 17.3. The van der Waals surface area contributed by atoms with Gasteiger partial charge in [-0.25, -0.2) is 0 Å². The SMILES string of the molecule is CC(NC(=O)CCC1CCCN1)c1ccc(Cl)cc1.Cl. The van der Waals surface area contributed by atoms with Gasteiger partial charge in [0.2, 0.25) is 5.91 Å². The molecule has 0 aliphatic carbocycles. The van der Waals surface area contributed by atoms with Crippen LogP contribution in [0.15, 0.2) is 24.3 Å². The van der Waals surface area contributed by atoms with E-state index in [1.807, 2.05) is 31.2 Å². The number of benzene rings is 1. The third kappa shape index (κ3) is 5.31. The van der Waals surface area contributed by atoms with Crippen molar-refractivity contribution < 1.29 is 4.79 Å². The van der Waals surface area contributed by atoms with Crippen molar-refractivity contribution >= 4 is 29.9 Å². The van der Waals surface area contributed by atoms with Gasteiger partial charge in [0, 0.05) is 17.5 Å². The first-order valence-corrected chi connectivity index (χ1v) is 7.31. The summed E-state index contributed by atoms with van der Waals surface area (Å²) in [5.41, 5.74) is 1.08. The Balaban J connectivity index is 0.00000200. The molecule has 112 valence electrons. The van der Waals surface area contributed by atoms with Crippen LogP contribution in [-0.4, -0.2) is 18.5 Å². The van der Waals surface area contributed by atoms with Crippen molar-refractivity contribution in [1.82, 2.24) is 10.6 Å². The van der Waals surface area contributed by atoms with E-state index in [0.29, 0.717) is 12.5 Å². The summed E-state index contributed by atoms with van der Waals surface area (Å²) < 4.78 is 0. The Kier molecular flexibility index (Phi) is 7.35. The number of amides is 1. The van der Waals surface area contributed by atoms with Crippen molar-refractivity contribution in [3.63, 3.8) is 0 Å². The standard InChI is InChI=1S/C15H21ClN2O.ClH/c1-11(12-4-6-13(16)7-5-12)18-15(19)9-8-14-3-2-10-17-14;/h4-7,11,14,17H,2-3,8-10H2,1H3,(H,18,19);1H. The summed E-state index contributed by atoms with van der Waals surface area (Å²) in [7, 11) is 0. The Morgan fingerprint density at radius 3 is 2.75 bits per heavy atom. The van der Waals surface area contributed by atoms with Crippen LogP contribution in [0.5, 0.6) is 0 Å². The van der Waals surface area contributed by atoms with Crippen molar-refractivity contribution in [2.45, 2.75) is 44.7 Å². The molecule has 1 aliphatic rings. The lowest BCUT2D eigenvalue weighted by Crippen LogP contribution is -2.29. The summed E-state index contributed by atoms with van der Waals surface area (Å²) in [6.45, 7) is 3.09. The molecule has 2 atom stereocenters. The van der Waals surface area contributed by atoms with Crippen LogP contribution < -0.4 is 10.6 Å². The van der Waals surface area contributed by atoms with E-state index in [2.05, 4.69) is 10.6 Å². The van der Waals surface area contributed by atoms with Crippen molar-refractivity contribution in [3.8, 4) is 0 Å². The van der Waals surface area contributed by atoms with Gasteiger partial charge in [0.05, 0.1) is 6.04 Å². The van der Waals surface area contributed by atoms with E-state index in [1.54, 1.807) is 0 Å². The van der Waals surface area contributed by atoms with E-state index in [9.17, 15) is 4.79 Å². The Labute approximate surface area is 131 Å². The molecule has 2 N–H and O–H groups in total. The largest absolute Gasteiger partial charge is 0.350 e. The molecular formula is C15H22Cl2N2O. The lowest BCUT2D eigenvalue weighted by molar-refractivity contribution is -0.121. The quantitative estimate of drug-likeness (QED) is 0.873. The van der Waals surface area contributed by atoms with Crippen LogP contribution in [0.2, 0.25) is 5.02 Å². The number of carbonyl (C=O) groups is 1. The summed E-state index contributed by atoms with van der Waals surface area (Å²) in [5, 5.41) is 7.16. The molecule has 1 amide bonds. The average molecular weight is 317 g/mol. The molecule has 1 aliphatic heterocycles. The van der Waals surface area contributed by atoms with Gasteiger partial charge in [0.1, 0.15) is 0 Å². The zero-order valence-electron chi connectivity index (χ0n) is 11.7. The lowest BCUT2D eigenvalue weighted by atomic mass is 10.1. The first-order chi connectivity index (χ1) is 9.15. The number of nitrogens with one attached hydrogen (secondary N) is 2. The van der Waals surface area contributed by atoms with Gasteiger partial charge in [-0.15, -0.1) is 12.4 Å². The Morgan fingerprint density at radius 1 is 1.45 bits per heavy atom. The van der Waals surface area contributed by atoms with Gasteiger partial charge in [0.15, 0.2) is 0 Å². The van der Waals surface area contributed by atoms with Crippen molar-refractivity contribution in [2.24, 2.45) is 0 Å². The van der Waals surface area contributed by atoms with Crippen LogP contribution in [-0.2, 0) is 4.79 Å². The number of carbonyl (C=O) groups excluding carboxylic acids is 1. The molecular weight excluding hydrogens is 295 g/mol. The van der Waals surface area contributed by atoms with Gasteiger partial charge in [0.25, 0.3) is 0 Å². The van der Waals surface area contributed by atoms with Gasteiger partial charge >= 0.3 is 0 Å². The number of rotatable bonds is 5. The third-order valence-electron chi connectivity index (χ3n) is 3.63. The first-order valence-electron chi connectivity index (χ1n) is 6.93. The second-order valence-electron chi connectivity index (χ2n) is 5.17. The van der Waals surface area contributed by atoms with Crippen molar-refractivity contribution in [3.05, 3.63) is 34.9 Å². The minimum absolute atomic E-state index is 0. The van der Waals surface area contributed by atoms with E-state index in [-0.39, 0.29) is 24.4 Å². The summed E-state index contributed by atoms with van der Waals surface area (Å²) in [6, 6.07) is 8.15. The summed E-state index contributed by atoms with van der Waals surface area (Å²) in [6.07, 6.45) is 3.95. The van der Waals surface area contributed by atoms with Crippen LogP contribution in [0.3, 0.4) is 0 Å². The maximum Gasteiger partial charge on any atom is 0.220 e. The molecule has 2 unspecified atom stereocenters. The van der Waals surface area contributed by atoms with Crippen LogP contribution in [0.1, 0.15) is 44.2 Å². The van der Waals surface area contributed by atoms with E-state index < -0.39 is 0 Å². The van der Waals surface area contributed by atoms with Crippen LogP contribution >= 0.6 is 24.0 Å².